The van der Waals surface area contributed by atoms with E-state index in [0.29, 0.717) is 12.1 Å². The van der Waals surface area contributed by atoms with E-state index in [4.69, 9.17) is 5.73 Å². The van der Waals surface area contributed by atoms with Crippen molar-refractivity contribution in [3.05, 3.63) is 0 Å². The summed E-state index contributed by atoms with van der Waals surface area (Å²) in [5.74, 6) is -0.0312. The van der Waals surface area contributed by atoms with E-state index in [9.17, 15) is 4.79 Å². The van der Waals surface area contributed by atoms with Crippen LogP contribution in [0, 0.1) is 0 Å². The van der Waals surface area contributed by atoms with Crippen LogP contribution in [0.3, 0.4) is 0 Å². The van der Waals surface area contributed by atoms with Crippen molar-refractivity contribution in [2.45, 2.75) is 50.7 Å². The van der Waals surface area contributed by atoms with Crippen molar-refractivity contribution in [2.24, 2.45) is 5.73 Å². The Hall–Kier alpha value is -0.260. The van der Waals surface area contributed by atoms with Crippen molar-refractivity contribution in [3.8, 4) is 0 Å². The van der Waals surface area contributed by atoms with Crippen molar-refractivity contribution in [1.82, 2.24) is 10.0 Å². The van der Waals surface area contributed by atoms with Crippen LogP contribution in [0.15, 0.2) is 0 Å². The number of hydrogen-bond acceptors (Lipinski definition) is 4. The third-order valence-electron chi connectivity index (χ3n) is 2.77. The Labute approximate surface area is 95.9 Å². The first kappa shape index (κ1) is 12.8. The zero-order chi connectivity index (χ0) is 11.3. The SMILES string of the molecule is CSNC1CCC(NC(=O)C(C)N)CC1. The number of nitrogens with two attached hydrogens (primary N) is 1. The molecule has 1 rings (SSSR count). The molecule has 0 heterocycles. The molecular formula is C10H21N3OS. The number of rotatable bonds is 4. The van der Waals surface area contributed by atoms with E-state index in [2.05, 4.69) is 10.0 Å². The van der Waals surface area contributed by atoms with Crippen LogP contribution in [-0.2, 0) is 4.79 Å². The molecule has 0 spiro atoms. The van der Waals surface area contributed by atoms with Crippen LogP contribution in [0.5, 0.6) is 0 Å². The van der Waals surface area contributed by atoms with Crippen LogP contribution >= 0.6 is 11.9 Å². The highest BCUT2D eigenvalue weighted by Gasteiger charge is 2.22. The van der Waals surface area contributed by atoms with Crippen molar-refractivity contribution in [2.75, 3.05) is 6.26 Å². The molecule has 0 aromatic heterocycles. The first-order valence-electron chi connectivity index (χ1n) is 5.48. The van der Waals surface area contributed by atoms with Crippen LogP contribution in [0.25, 0.3) is 0 Å². The Morgan fingerprint density at radius 1 is 1.33 bits per heavy atom. The van der Waals surface area contributed by atoms with Gasteiger partial charge in [0.1, 0.15) is 0 Å². The zero-order valence-corrected chi connectivity index (χ0v) is 10.3. The van der Waals surface area contributed by atoms with Crippen LogP contribution in [0.4, 0.5) is 0 Å². The Kier molecular flexibility index (Phi) is 5.42. The second kappa shape index (κ2) is 6.35. The first-order valence-corrected chi connectivity index (χ1v) is 6.70. The van der Waals surface area contributed by atoms with E-state index >= 15 is 0 Å². The molecule has 0 saturated heterocycles. The smallest absolute Gasteiger partial charge is 0.236 e. The van der Waals surface area contributed by atoms with Gasteiger partial charge in [-0.1, -0.05) is 11.9 Å². The summed E-state index contributed by atoms with van der Waals surface area (Å²) < 4.78 is 3.36. The maximum Gasteiger partial charge on any atom is 0.236 e. The highest BCUT2D eigenvalue weighted by molar-refractivity contribution is 7.96. The third kappa shape index (κ3) is 4.40. The van der Waals surface area contributed by atoms with Gasteiger partial charge in [0.15, 0.2) is 0 Å². The Morgan fingerprint density at radius 3 is 2.33 bits per heavy atom. The maximum absolute atomic E-state index is 11.4. The molecule has 1 saturated carbocycles. The first-order chi connectivity index (χ1) is 7.13. The molecule has 1 unspecified atom stereocenters. The molecule has 5 heteroatoms. The van der Waals surface area contributed by atoms with E-state index in [1.165, 1.54) is 0 Å². The topological polar surface area (TPSA) is 67.1 Å². The number of nitrogens with one attached hydrogen (secondary N) is 2. The van der Waals surface area contributed by atoms with Crippen molar-refractivity contribution < 1.29 is 4.79 Å². The lowest BCUT2D eigenvalue weighted by Crippen LogP contribution is -2.46. The van der Waals surface area contributed by atoms with Crippen LogP contribution in [0.1, 0.15) is 32.6 Å². The van der Waals surface area contributed by atoms with Gasteiger partial charge in [-0.05, 0) is 38.9 Å². The molecule has 4 N–H and O–H groups in total. The largest absolute Gasteiger partial charge is 0.352 e. The molecule has 0 aliphatic heterocycles. The number of carbonyl (C=O) groups excluding carboxylic acids is 1. The van der Waals surface area contributed by atoms with Gasteiger partial charge < -0.3 is 11.1 Å². The van der Waals surface area contributed by atoms with Crippen LogP contribution in [0.2, 0.25) is 0 Å². The fraction of sp³-hybridized carbons (Fsp3) is 0.900. The van der Waals surface area contributed by atoms with Gasteiger partial charge in [0, 0.05) is 12.1 Å². The van der Waals surface area contributed by atoms with Crippen LogP contribution < -0.4 is 15.8 Å². The Morgan fingerprint density at radius 2 is 1.87 bits per heavy atom. The van der Waals surface area contributed by atoms with Gasteiger partial charge in [-0.25, -0.2) is 0 Å². The Balaban J connectivity index is 2.22. The molecule has 4 nitrogen and oxygen atoms in total. The second-order valence-electron chi connectivity index (χ2n) is 4.17. The summed E-state index contributed by atoms with van der Waals surface area (Å²) in [4.78, 5) is 11.4. The monoisotopic (exact) mass is 231 g/mol. The fourth-order valence-electron chi connectivity index (χ4n) is 1.85. The van der Waals surface area contributed by atoms with Crippen molar-refractivity contribution in [1.29, 1.82) is 0 Å². The summed E-state index contributed by atoms with van der Waals surface area (Å²) >= 11 is 1.67. The molecule has 0 bridgehead atoms. The highest BCUT2D eigenvalue weighted by atomic mass is 32.2. The molecule has 1 fully saturated rings. The summed E-state index contributed by atoms with van der Waals surface area (Å²) in [7, 11) is 0. The summed E-state index contributed by atoms with van der Waals surface area (Å²) in [5, 5.41) is 2.98. The van der Waals surface area contributed by atoms with E-state index in [0.717, 1.165) is 25.7 Å². The molecule has 88 valence electrons. The van der Waals surface area contributed by atoms with Gasteiger partial charge in [0.2, 0.25) is 5.91 Å². The average molecular weight is 231 g/mol. The lowest BCUT2D eigenvalue weighted by atomic mass is 9.91. The minimum atomic E-state index is -0.396. The third-order valence-corrected chi connectivity index (χ3v) is 3.34. The zero-order valence-electron chi connectivity index (χ0n) is 9.45. The predicted octanol–water partition coefficient (Wildman–Crippen LogP) is 0.629. The van der Waals surface area contributed by atoms with E-state index in [1.54, 1.807) is 18.9 Å². The second-order valence-corrected chi connectivity index (χ2v) is 4.81. The predicted molar refractivity (Wildman–Crippen MR) is 64.5 cm³/mol. The van der Waals surface area contributed by atoms with E-state index < -0.39 is 6.04 Å². The van der Waals surface area contributed by atoms with Gasteiger partial charge in [-0.2, -0.15) is 0 Å². The molecule has 0 radical (unpaired) electrons. The standard InChI is InChI=1S/C10H21N3OS/c1-7(11)10(14)12-8-3-5-9(6-4-8)13-15-2/h7-9,13H,3-6,11H2,1-2H3,(H,12,14). The summed E-state index contributed by atoms with van der Waals surface area (Å²) in [6, 6.07) is 0.527. The minimum Gasteiger partial charge on any atom is -0.352 e. The van der Waals surface area contributed by atoms with Crippen molar-refractivity contribution >= 4 is 17.9 Å². The minimum absolute atomic E-state index is 0.0312. The highest BCUT2D eigenvalue weighted by Crippen LogP contribution is 2.19. The molecule has 0 aromatic rings. The maximum atomic E-state index is 11.4. The molecule has 1 amide bonds. The molecule has 1 aliphatic rings. The fourth-order valence-corrected chi connectivity index (χ4v) is 2.42. The van der Waals surface area contributed by atoms with E-state index in [-0.39, 0.29) is 5.91 Å². The quantitative estimate of drug-likeness (QED) is 0.621. The molecule has 15 heavy (non-hydrogen) atoms. The van der Waals surface area contributed by atoms with Gasteiger partial charge in [-0.15, -0.1) is 0 Å². The average Bonchev–Trinajstić information content (AvgIpc) is 2.21. The summed E-state index contributed by atoms with van der Waals surface area (Å²) in [6.07, 6.45) is 6.41. The Bertz CT molecular complexity index is 203. The van der Waals surface area contributed by atoms with Crippen LogP contribution in [-0.4, -0.2) is 30.3 Å². The lowest BCUT2D eigenvalue weighted by molar-refractivity contribution is -0.122. The number of hydrogen-bond donors (Lipinski definition) is 3. The van der Waals surface area contributed by atoms with Gasteiger partial charge in [0.25, 0.3) is 0 Å². The van der Waals surface area contributed by atoms with Gasteiger partial charge in [-0.3, -0.25) is 9.52 Å². The molecule has 0 aromatic carbocycles. The van der Waals surface area contributed by atoms with E-state index in [1.807, 2.05) is 6.26 Å². The molecule has 1 atom stereocenters. The summed E-state index contributed by atoms with van der Waals surface area (Å²) in [6.45, 7) is 1.72. The molecular weight excluding hydrogens is 210 g/mol. The lowest BCUT2D eigenvalue weighted by Gasteiger charge is -2.29. The number of amides is 1. The van der Waals surface area contributed by atoms with Crippen molar-refractivity contribution in [3.63, 3.8) is 0 Å². The van der Waals surface area contributed by atoms with Gasteiger partial charge in [0.05, 0.1) is 6.04 Å². The normalized spacial score (nSPS) is 28.5. The van der Waals surface area contributed by atoms with Gasteiger partial charge >= 0.3 is 0 Å². The summed E-state index contributed by atoms with van der Waals surface area (Å²) in [5.41, 5.74) is 5.50. The molecule has 1 aliphatic carbocycles. The number of carbonyl (C=O) groups is 1.